The van der Waals surface area contributed by atoms with Crippen LogP contribution in [0.15, 0.2) is 41.3 Å². The zero-order valence-electron chi connectivity index (χ0n) is 14.8. The lowest BCUT2D eigenvalue weighted by Gasteiger charge is -2.16. The molecule has 0 aromatic heterocycles. The zero-order valence-corrected chi connectivity index (χ0v) is 19.3. The molecule has 0 unspecified atom stereocenters. The van der Waals surface area contributed by atoms with E-state index in [0.29, 0.717) is 9.93 Å². The molecule has 5 nitrogen and oxygen atoms in total. The van der Waals surface area contributed by atoms with Crippen LogP contribution in [0.2, 0.25) is 5.02 Å². The number of carbonyl (C=O) groups excluding carboxylic acids is 2. The normalized spacial score (nSPS) is 15.3. The number of halogens is 2. The highest BCUT2D eigenvalue weighted by molar-refractivity contribution is 14.1. The predicted molar refractivity (Wildman–Crippen MR) is 124 cm³/mol. The van der Waals surface area contributed by atoms with Gasteiger partial charge in [0.2, 0.25) is 0 Å². The molecule has 0 aliphatic carbocycles. The fraction of sp³-hybridized carbons (Fsp3) is 0.105. The monoisotopic (exact) mass is 544 g/mol. The Morgan fingerprint density at radius 3 is 2.71 bits per heavy atom. The minimum Gasteiger partial charge on any atom is -0.496 e. The van der Waals surface area contributed by atoms with Crippen LogP contribution in [-0.4, -0.2) is 28.3 Å². The Morgan fingerprint density at radius 2 is 2.07 bits per heavy atom. The maximum Gasteiger partial charge on any atom is 0.285 e. The first-order valence-electron chi connectivity index (χ1n) is 7.99. The summed E-state index contributed by atoms with van der Waals surface area (Å²) in [6.45, 7) is 1.88. The predicted octanol–water partition coefficient (Wildman–Crippen LogP) is 4.81. The SMILES string of the molecule is COc1ccc(/C=C2\SC(=S)N(NC(=O)c3ccc(C)cc3Cl)C2=O)cc1I. The number of rotatable bonds is 4. The first kappa shape index (κ1) is 21.1. The lowest BCUT2D eigenvalue weighted by Crippen LogP contribution is -2.44. The quantitative estimate of drug-likeness (QED) is 0.340. The van der Waals surface area contributed by atoms with Crippen LogP contribution in [0.3, 0.4) is 0 Å². The first-order valence-corrected chi connectivity index (χ1v) is 10.7. The van der Waals surface area contributed by atoms with Gasteiger partial charge in [-0.3, -0.25) is 15.0 Å². The van der Waals surface area contributed by atoms with E-state index in [4.69, 9.17) is 28.6 Å². The second-order valence-corrected chi connectivity index (χ2v) is 9.08. The number of hydrogen-bond donors (Lipinski definition) is 1. The van der Waals surface area contributed by atoms with Gasteiger partial charge >= 0.3 is 0 Å². The first-order chi connectivity index (χ1) is 13.3. The fourth-order valence-electron chi connectivity index (χ4n) is 2.45. The van der Waals surface area contributed by atoms with Crippen LogP contribution in [0.4, 0.5) is 0 Å². The number of hydrogen-bond acceptors (Lipinski definition) is 5. The Labute approximate surface area is 190 Å². The molecule has 144 valence electrons. The standard InChI is InChI=1S/C19H14ClIN2O3S2/c1-10-3-5-12(13(20)7-10)17(24)22-23-18(25)16(28-19(23)27)9-11-4-6-15(26-2)14(21)8-11/h3-9H,1-2H3,(H,22,24)/b16-9-. The third-order valence-corrected chi connectivity index (χ3v) is 6.31. The molecule has 2 aromatic carbocycles. The van der Waals surface area contributed by atoms with E-state index in [1.165, 1.54) is 0 Å². The summed E-state index contributed by atoms with van der Waals surface area (Å²) in [5.41, 5.74) is 4.58. The molecule has 1 heterocycles. The molecule has 3 rings (SSSR count). The van der Waals surface area contributed by atoms with Gasteiger partial charge in [0.15, 0.2) is 4.32 Å². The Morgan fingerprint density at radius 1 is 1.32 bits per heavy atom. The zero-order chi connectivity index (χ0) is 20.4. The molecule has 28 heavy (non-hydrogen) atoms. The van der Waals surface area contributed by atoms with Crippen molar-refractivity contribution in [2.45, 2.75) is 6.92 Å². The third-order valence-electron chi connectivity index (χ3n) is 3.85. The van der Waals surface area contributed by atoms with E-state index in [1.807, 2.05) is 25.1 Å². The average Bonchev–Trinajstić information content (AvgIpc) is 2.89. The number of ether oxygens (including phenoxy) is 1. The molecule has 1 aliphatic heterocycles. The van der Waals surface area contributed by atoms with Crippen molar-refractivity contribution in [2.24, 2.45) is 0 Å². The van der Waals surface area contributed by atoms with Gasteiger partial charge in [0.1, 0.15) is 5.75 Å². The van der Waals surface area contributed by atoms with Crippen molar-refractivity contribution in [3.05, 3.63) is 66.6 Å². The summed E-state index contributed by atoms with van der Waals surface area (Å²) in [5.74, 6) is -0.133. The van der Waals surface area contributed by atoms with Gasteiger partial charge in [-0.15, -0.1) is 0 Å². The Hall–Kier alpha value is -1.62. The van der Waals surface area contributed by atoms with Gasteiger partial charge in [0.05, 0.1) is 26.2 Å². The lowest BCUT2D eigenvalue weighted by atomic mass is 10.1. The van der Waals surface area contributed by atoms with E-state index in [1.54, 1.807) is 31.4 Å². The number of nitrogens with one attached hydrogen (secondary N) is 1. The molecule has 0 spiro atoms. The van der Waals surface area contributed by atoms with Gasteiger partial charge in [-0.25, -0.2) is 0 Å². The molecule has 9 heteroatoms. The third kappa shape index (κ3) is 4.51. The smallest absolute Gasteiger partial charge is 0.285 e. The average molecular weight is 545 g/mol. The summed E-state index contributed by atoms with van der Waals surface area (Å²) in [6, 6.07) is 10.6. The molecule has 0 atom stereocenters. The van der Waals surface area contributed by atoms with Crippen molar-refractivity contribution in [3.8, 4) is 5.75 Å². The molecular formula is C19H14ClIN2O3S2. The Balaban J connectivity index is 1.79. The van der Waals surface area contributed by atoms with Crippen LogP contribution in [0.25, 0.3) is 6.08 Å². The Bertz CT molecular complexity index is 1030. The largest absolute Gasteiger partial charge is 0.496 e. The number of amides is 2. The number of nitrogens with zero attached hydrogens (tertiary/aromatic N) is 1. The highest BCUT2D eigenvalue weighted by Gasteiger charge is 2.34. The number of hydrazine groups is 1. The van der Waals surface area contributed by atoms with Crippen LogP contribution in [0.1, 0.15) is 21.5 Å². The number of thiocarbonyl (C=S) groups is 1. The van der Waals surface area contributed by atoms with Crippen LogP contribution < -0.4 is 10.2 Å². The second-order valence-electron chi connectivity index (χ2n) is 5.84. The van der Waals surface area contributed by atoms with E-state index in [9.17, 15) is 9.59 Å². The molecule has 0 saturated carbocycles. The van der Waals surface area contributed by atoms with E-state index < -0.39 is 11.8 Å². The highest BCUT2D eigenvalue weighted by Crippen LogP contribution is 2.32. The summed E-state index contributed by atoms with van der Waals surface area (Å²) in [5, 5.41) is 1.38. The van der Waals surface area contributed by atoms with Gasteiger partial charge in [0.25, 0.3) is 11.8 Å². The van der Waals surface area contributed by atoms with Crippen LogP contribution in [0.5, 0.6) is 5.75 Å². The second kappa shape index (κ2) is 8.81. The molecule has 1 saturated heterocycles. The number of thioether (sulfide) groups is 1. The number of methoxy groups -OCH3 is 1. The number of carbonyl (C=O) groups is 2. The van der Waals surface area contributed by atoms with Gasteiger partial charge in [-0.1, -0.05) is 35.5 Å². The van der Waals surface area contributed by atoms with Crippen LogP contribution >= 0.6 is 58.2 Å². The molecular weight excluding hydrogens is 531 g/mol. The molecule has 0 bridgehead atoms. The summed E-state index contributed by atoms with van der Waals surface area (Å²) in [7, 11) is 1.60. The maximum absolute atomic E-state index is 12.7. The topological polar surface area (TPSA) is 58.6 Å². The van der Waals surface area contributed by atoms with Gasteiger partial charge < -0.3 is 4.74 Å². The van der Waals surface area contributed by atoms with Gasteiger partial charge in [-0.2, -0.15) is 5.01 Å². The van der Waals surface area contributed by atoms with Gasteiger partial charge in [-0.05, 0) is 83.2 Å². The van der Waals surface area contributed by atoms with Crippen molar-refractivity contribution >= 4 is 80.4 Å². The highest BCUT2D eigenvalue weighted by atomic mass is 127. The van der Waals surface area contributed by atoms with E-state index in [2.05, 4.69) is 28.0 Å². The van der Waals surface area contributed by atoms with Gasteiger partial charge in [0, 0.05) is 0 Å². The Kier molecular flexibility index (Phi) is 6.64. The van der Waals surface area contributed by atoms with Crippen molar-refractivity contribution in [3.63, 3.8) is 0 Å². The number of aryl methyl sites for hydroxylation is 1. The van der Waals surface area contributed by atoms with E-state index >= 15 is 0 Å². The van der Waals surface area contributed by atoms with Crippen LogP contribution in [0, 0.1) is 10.5 Å². The number of benzene rings is 2. The van der Waals surface area contributed by atoms with E-state index in [-0.39, 0.29) is 9.88 Å². The molecule has 0 radical (unpaired) electrons. The van der Waals surface area contributed by atoms with Crippen molar-refractivity contribution < 1.29 is 14.3 Å². The molecule has 2 amide bonds. The molecule has 1 N–H and O–H groups in total. The molecule has 2 aromatic rings. The summed E-state index contributed by atoms with van der Waals surface area (Å²) < 4.78 is 6.41. The summed E-state index contributed by atoms with van der Waals surface area (Å²) in [6.07, 6.45) is 1.73. The summed E-state index contributed by atoms with van der Waals surface area (Å²) >= 11 is 14.7. The lowest BCUT2D eigenvalue weighted by molar-refractivity contribution is -0.123. The van der Waals surface area contributed by atoms with E-state index in [0.717, 1.165) is 37.2 Å². The minimum atomic E-state index is -0.499. The maximum atomic E-state index is 12.7. The fourth-order valence-corrected chi connectivity index (χ4v) is 4.71. The van der Waals surface area contributed by atoms with Crippen molar-refractivity contribution in [2.75, 3.05) is 7.11 Å². The van der Waals surface area contributed by atoms with Crippen LogP contribution in [-0.2, 0) is 4.79 Å². The molecule has 1 aliphatic rings. The summed E-state index contributed by atoms with van der Waals surface area (Å²) in [4.78, 5) is 25.6. The minimum absolute atomic E-state index is 0.246. The van der Waals surface area contributed by atoms with Crippen molar-refractivity contribution in [1.29, 1.82) is 0 Å². The molecule has 1 fully saturated rings. The van der Waals surface area contributed by atoms with Crippen molar-refractivity contribution in [1.82, 2.24) is 10.4 Å².